The van der Waals surface area contributed by atoms with Crippen molar-refractivity contribution in [3.63, 3.8) is 0 Å². The molecule has 2 N–H and O–H groups in total. The Balaban J connectivity index is 1.62. The molecule has 0 fully saturated rings. The van der Waals surface area contributed by atoms with Gasteiger partial charge in [-0.1, -0.05) is 30.3 Å². The molecule has 0 aliphatic rings. The molecule has 1 heterocycles. The molecule has 6 heteroatoms. The van der Waals surface area contributed by atoms with E-state index in [1.54, 1.807) is 24.5 Å². The Labute approximate surface area is 145 Å². The molecule has 0 unspecified atom stereocenters. The number of urea groups is 1. The number of nitrogens with one attached hydrogen (secondary N) is 2. The molecular formula is C19H18N4O2. The molecule has 0 atom stereocenters. The number of carbonyl (C=O) groups excluding carboxylic acids is 1. The Morgan fingerprint density at radius 1 is 1.00 bits per heavy atom. The highest BCUT2D eigenvalue weighted by Crippen LogP contribution is 2.28. The smallest absolute Gasteiger partial charge is 0.319 e. The van der Waals surface area contributed by atoms with Gasteiger partial charge in [-0.25, -0.2) is 4.79 Å². The third-order valence-electron chi connectivity index (χ3n) is 3.37. The predicted molar refractivity (Wildman–Crippen MR) is 95.6 cm³/mol. The van der Waals surface area contributed by atoms with Crippen molar-refractivity contribution in [1.29, 1.82) is 0 Å². The lowest BCUT2D eigenvalue weighted by atomic mass is 10.3. The van der Waals surface area contributed by atoms with Crippen molar-refractivity contribution in [2.24, 2.45) is 0 Å². The maximum absolute atomic E-state index is 12.1. The first kappa shape index (κ1) is 16.4. The largest absolute Gasteiger partial charge is 0.455 e. The molecule has 3 rings (SSSR count). The Morgan fingerprint density at radius 3 is 2.52 bits per heavy atom. The SMILES string of the molecule is Cc1cnc(CNC(=O)Nc2ccccc2Oc2ccccc2)cn1. The van der Waals surface area contributed by atoms with Crippen molar-refractivity contribution in [3.8, 4) is 11.5 Å². The number of para-hydroxylation sites is 3. The van der Waals surface area contributed by atoms with Crippen LogP contribution in [-0.2, 0) is 6.54 Å². The zero-order chi connectivity index (χ0) is 17.5. The summed E-state index contributed by atoms with van der Waals surface area (Å²) in [6.07, 6.45) is 3.31. The van der Waals surface area contributed by atoms with Gasteiger partial charge in [-0.05, 0) is 31.2 Å². The maximum atomic E-state index is 12.1. The van der Waals surface area contributed by atoms with Gasteiger partial charge in [-0.3, -0.25) is 9.97 Å². The lowest BCUT2D eigenvalue weighted by molar-refractivity contribution is 0.251. The van der Waals surface area contributed by atoms with E-state index in [1.165, 1.54) is 0 Å². The van der Waals surface area contributed by atoms with Crippen molar-refractivity contribution >= 4 is 11.7 Å². The molecule has 6 nitrogen and oxygen atoms in total. The van der Waals surface area contributed by atoms with E-state index in [1.807, 2.05) is 49.4 Å². The van der Waals surface area contributed by atoms with Gasteiger partial charge in [0, 0.05) is 6.20 Å². The number of rotatable bonds is 5. The molecular weight excluding hydrogens is 316 g/mol. The highest BCUT2D eigenvalue weighted by Gasteiger charge is 2.08. The van der Waals surface area contributed by atoms with Crippen LogP contribution in [0.25, 0.3) is 0 Å². The Kier molecular flexibility index (Phi) is 5.21. The summed E-state index contributed by atoms with van der Waals surface area (Å²) >= 11 is 0. The number of carbonyl (C=O) groups is 1. The molecule has 0 saturated heterocycles. The van der Waals surface area contributed by atoms with Crippen molar-refractivity contribution in [2.45, 2.75) is 13.5 Å². The number of aromatic nitrogens is 2. The second-order valence-corrected chi connectivity index (χ2v) is 5.37. The molecule has 1 aromatic heterocycles. The van der Waals surface area contributed by atoms with Crippen LogP contribution in [0.2, 0.25) is 0 Å². The van der Waals surface area contributed by atoms with Gasteiger partial charge in [0.2, 0.25) is 0 Å². The van der Waals surface area contributed by atoms with Crippen molar-refractivity contribution < 1.29 is 9.53 Å². The molecule has 0 saturated carbocycles. The third-order valence-corrected chi connectivity index (χ3v) is 3.37. The van der Waals surface area contributed by atoms with Gasteiger partial charge < -0.3 is 15.4 Å². The third kappa shape index (κ3) is 4.78. The van der Waals surface area contributed by atoms with Gasteiger partial charge in [0.1, 0.15) is 5.75 Å². The van der Waals surface area contributed by atoms with E-state index in [0.29, 0.717) is 29.4 Å². The minimum Gasteiger partial charge on any atom is -0.455 e. The summed E-state index contributed by atoms with van der Waals surface area (Å²) in [4.78, 5) is 20.5. The molecule has 2 aromatic carbocycles. The second kappa shape index (κ2) is 7.92. The number of ether oxygens (including phenoxy) is 1. The van der Waals surface area contributed by atoms with Crippen LogP contribution >= 0.6 is 0 Å². The number of benzene rings is 2. The van der Waals surface area contributed by atoms with Gasteiger partial charge in [-0.15, -0.1) is 0 Å². The maximum Gasteiger partial charge on any atom is 0.319 e. The van der Waals surface area contributed by atoms with Crippen molar-refractivity contribution in [3.05, 3.63) is 78.4 Å². The number of amides is 2. The lowest BCUT2D eigenvalue weighted by Crippen LogP contribution is -2.28. The van der Waals surface area contributed by atoms with Crippen LogP contribution in [0.5, 0.6) is 11.5 Å². The topological polar surface area (TPSA) is 76.1 Å². The normalized spacial score (nSPS) is 10.1. The quantitative estimate of drug-likeness (QED) is 0.742. The molecule has 0 spiro atoms. The summed E-state index contributed by atoms with van der Waals surface area (Å²) in [6.45, 7) is 2.15. The number of aryl methyl sites for hydroxylation is 1. The average Bonchev–Trinajstić information content (AvgIpc) is 2.64. The van der Waals surface area contributed by atoms with Crippen LogP contribution in [0.1, 0.15) is 11.4 Å². The van der Waals surface area contributed by atoms with Crippen LogP contribution in [0, 0.1) is 6.92 Å². The van der Waals surface area contributed by atoms with Crippen LogP contribution < -0.4 is 15.4 Å². The minimum atomic E-state index is -0.341. The minimum absolute atomic E-state index is 0.292. The Bertz CT molecular complexity index is 836. The van der Waals surface area contributed by atoms with E-state index in [2.05, 4.69) is 20.6 Å². The van der Waals surface area contributed by atoms with Crippen molar-refractivity contribution in [2.75, 3.05) is 5.32 Å². The number of hydrogen-bond donors (Lipinski definition) is 2. The molecule has 0 bridgehead atoms. The van der Waals surface area contributed by atoms with Gasteiger partial charge >= 0.3 is 6.03 Å². The Hall–Kier alpha value is -3.41. The molecule has 2 amide bonds. The zero-order valence-electron chi connectivity index (χ0n) is 13.8. The van der Waals surface area contributed by atoms with E-state index in [4.69, 9.17) is 4.74 Å². The second-order valence-electron chi connectivity index (χ2n) is 5.37. The number of nitrogens with zero attached hydrogens (tertiary/aromatic N) is 2. The van der Waals surface area contributed by atoms with Crippen LogP contribution in [-0.4, -0.2) is 16.0 Å². The lowest BCUT2D eigenvalue weighted by Gasteiger charge is -2.12. The first-order chi connectivity index (χ1) is 12.2. The predicted octanol–water partition coefficient (Wildman–Crippen LogP) is 3.90. The first-order valence-corrected chi connectivity index (χ1v) is 7.85. The summed E-state index contributed by atoms with van der Waals surface area (Å²) in [5.74, 6) is 1.27. The first-order valence-electron chi connectivity index (χ1n) is 7.85. The summed E-state index contributed by atoms with van der Waals surface area (Å²) in [6, 6.07) is 16.3. The molecule has 0 aliphatic carbocycles. The molecule has 0 aliphatic heterocycles. The zero-order valence-corrected chi connectivity index (χ0v) is 13.8. The molecule has 126 valence electrons. The summed E-state index contributed by atoms with van der Waals surface area (Å²) in [5.41, 5.74) is 2.11. The average molecular weight is 334 g/mol. The number of anilines is 1. The Morgan fingerprint density at radius 2 is 1.76 bits per heavy atom. The number of hydrogen-bond acceptors (Lipinski definition) is 4. The fourth-order valence-corrected chi connectivity index (χ4v) is 2.12. The van der Waals surface area contributed by atoms with Gasteiger partial charge in [-0.2, -0.15) is 0 Å². The summed E-state index contributed by atoms with van der Waals surface area (Å²) in [5, 5.41) is 5.54. The van der Waals surface area contributed by atoms with E-state index in [-0.39, 0.29) is 6.03 Å². The highest BCUT2D eigenvalue weighted by molar-refractivity contribution is 5.90. The molecule has 25 heavy (non-hydrogen) atoms. The van der Waals surface area contributed by atoms with Crippen molar-refractivity contribution in [1.82, 2.24) is 15.3 Å². The van der Waals surface area contributed by atoms with E-state index < -0.39 is 0 Å². The monoisotopic (exact) mass is 334 g/mol. The summed E-state index contributed by atoms with van der Waals surface area (Å²) < 4.78 is 5.82. The van der Waals surface area contributed by atoms with E-state index >= 15 is 0 Å². The van der Waals surface area contributed by atoms with Crippen LogP contribution in [0.15, 0.2) is 67.0 Å². The molecule has 0 radical (unpaired) electrons. The van der Waals surface area contributed by atoms with E-state index in [9.17, 15) is 4.79 Å². The van der Waals surface area contributed by atoms with Gasteiger partial charge in [0.05, 0.1) is 29.8 Å². The fourth-order valence-electron chi connectivity index (χ4n) is 2.12. The standard InChI is InChI=1S/C19H18N4O2/c1-14-11-21-15(12-20-14)13-22-19(24)23-17-9-5-6-10-18(17)25-16-7-3-2-4-8-16/h2-12H,13H2,1H3,(H2,22,23,24). The summed E-state index contributed by atoms with van der Waals surface area (Å²) in [7, 11) is 0. The van der Waals surface area contributed by atoms with Gasteiger partial charge in [0.15, 0.2) is 5.75 Å². The molecule has 3 aromatic rings. The van der Waals surface area contributed by atoms with E-state index in [0.717, 1.165) is 5.69 Å². The van der Waals surface area contributed by atoms with Gasteiger partial charge in [0.25, 0.3) is 0 Å². The van der Waals surface area contributed by atoms with Crippen LogP contribution in [0.4, 0.5) is 10.5 Å². The van der Waals surface area contributed by atoms with Crippen LogP contribution in [0.3, 0.4) is 0 Å². The highest BCUT2D eigenvalue weighted by atomic mass is 16.5. The fraction of sp³-hybridized carbons (Fsp3) is 0.105.